The van der Waals surface area contributed by atoms with Crippen molar-refractivity contribution in [3.05, 3.63) is 28.2 Å². The van der Waals surface area contributed by atoms with Gasteiger partial charge in [-0.25, -0.2) is 0 Å². The van der Waals surface area contributed by atoms with E-state index in [0.29, 0.717) is 5.75 Å². The van der Waals surface area contributed by atoms with Crippen LogP contribution in [-0.2, 0) is 4.79 Å². The fraction of sp³-hybridized carbons (Fsp3) is 0.462. The molecule has 0 aliphatic heterocycles. The lowest BCUT2D eigenvalue weighted by atomic mass is 10.1. The van der Waals surface area contributed by atoms with Crippen LogP contribution in [0.5, 0.6) is 5.75 Å². The summed E-state index contributed by atoms with van der Waals surface area (Å²) in [7, 11) is 0. The number of hydrogen-bond donors (Lipinski definition) is 2. The van der Waals surface area contributed by atoms with Crippen LogP contribution in [0.3, 0.4) is 0 Å². The second-order valence-electron chi connectivity index (χ2n) is 4.11. The van der Waals surface area contributed by atoms with Gasteiger partial charge in [0.1, 0.15) is 5.75 Å². The Morgan fingerprint density at radius 1 is 1.56 bits per heavy atom. The summed E-state index contributed by atoms with van der Waals surface area (Å²) in [5.74, 6) is 0.214. The number of primary amides is 1. The molecule has 4 nitrogen and oxygen atoms in total. The molecule has 1 aromatic carbocycles. The van der Waals surface area contributed by atoms with Crippen LogP contribution < -0.4 is 15.8 Å². The predicted molar refractivity (Wildman–Crippen MR) is 75.5 cm³/mol. The van der Waals surface area contributed by atoms with Crippen LogP contribution in [-0.4, -0.2) is 19.1 Å². The molecule has 0 heterocycles. The number of ether oxygens (including phenoxy) is 1. The standard InChI is InChI=1S/C13H19BrN2O2/c1-3-6-16-9(2)11-7-10(14)4-5-12(11)18-8-13(15)17/h4-5,7,9,16H,3,6,8H2,1-2H3,(H2,15,17). The van der Waals surface area contributed by atoms with E-state index in [1.165, 1.54) is 0 Å². The molecule has 0 bridgehead atoms. The molecular formula is C13H19BrN2O2. The van der Waals surface area contributed by atoms with Crippen LogP contribution in [0.1, 0.15) is 31.9 Å². The lowest BCUT2D eigenvalue weighted by Gasteiger charge is -2.18. The Morgan fingerprint density at radius 2 is 2.28 bits per heavy atom. The van der Waals surface area contributed by atoms with Crippen molar-refractivity contribution in [2.45, 2.75) is 26.3 Å². The number of halogens is 1. The summed E-state index contributed by atoms with van der Waals surface area (Å²) >= 11 is 3.44. The van der Waals surface area contributed by atoms with Crippen LogP contribution in [0, 0.1) is 0 Å². The third-order valence-electron chi connectivity index (χ3n) is 2.51. The maximum Gasteiger partial charge on any atom is 0.255 e. The molecule has 0 saturated carbocycles. The molecule has 5 heteroatoms. The zero-order valence-electron chi connectivity index (χ0n) is 10.7. The van der Waals surface area contributed by atoms with Crippen molar-refractivity contribution in [3.8, 4) is 5.75 Å². The predicted octanol–water partition coefficient (Wildman–Crippen LogP) is 2.37. The Morgan fingerprint density at radius 3 is 2.89 bits per heavy atom. The Balaban J connectivity index is 2.84. The van der Waals surface area contributed by atoms with Crippen molar-refractivity contribution < 1.29 is 9.53 Å². The minimum absolute atomic E-state index is 0.102. The Labute approximate surface area is 116 Å². The summed E-state index contributed by atoms with van der Waals surface area (Å²) in [5.41, 5.74) is 6.10. The van der Waals surface area contributed by atoms with Gasteiger partial charge in [-0.2, -0.15) is 0 Å². The maximum absolute atomic E-state index is 10.8. The van der Waals surface area contributed by atoms with Gasteiger partial charge in [-0.3, -0.25) is 4.79 Å². The molecule has 0 aliphatic carbocycles. The van der Waals surface area contributed by atoms with E-state index in [0.717, 1.165) is 23.0 Å². The minimum atomic E-state index is -0.474. The van der Waals surface area contributed by atoms with Crippen LogP contribution >= 0.6 is 15.9 Å². The number of carbonyl (C=O) groups excluding carboxylic acids is 1. The molecule has 1 rings (SSSR count). The van der Waals surface area contributed by atoms with Crippen molar-refractivity contribution >= 4 is 21.8 Å². The van der Waals surface area contributed by atoms with Crippen LogP contribution in [0.25, 0.3) is 0 Å². The monoisotopic (exact) mass is 314 g/mol. The quantitative estimate of drug-likeness (QED) is 0.812. The average Bonchev–Trinajstić information content (AvgIpc) is 2.34. The lowest BCUT2D eigenvalue weighted by Crippen LogP contribution is -2.23. The Kier molecular flexibility index (Phi) is 6.15. The maximum atomic E-state index is 10.8. The summed E-state index contributed by atoms with van der Waals surface area (Å²) in [6.07, 6.45) is 1.07. The smallest absolute Gasteiger partial charge is 0.255 e. The Bertz CT molecular complexity index is 410. The lowest BCUT2D eigenvalue weighted by molar-refractivity contribution is -0.119. The summed E-state index contributed by atoms with van der Waals surface area (Å²) in [6, 6.07) is 5.87. The first-order chi connectivity index (χ1) is 8.54. The van der Waals surface area contributed by atoms with Crippen molar-refractivity contribution in [1.82, 2.24) is 5.32 Å². The van der Waals surface area contributed by atoms with E-state index in [9.17, 15) is 4.79 Å². The summed E-state index contributed by atoms with van der Waals surface area (Å²) in [4.78, 5) is 10.8. The van der Waals surface area contributed by atoms with E-state index in [1.54, 1.807) is 0 Å². The first kappa shape index (κ1) is 15.0. The third-order valence-corrected chi connectivity index (χ3v) is 3.00. The highest BCUT2D eigenvalue weighted by Crippen LogP contribution is 2.28. The largest absolute Gasteiger partial charge is 0.483 e. The minimum Gasteiger partial charge on any atom is -0.483 e. The zero-order valence-corrected chi connectivity index (χ0v) is 12.3. The van der Waals surface area contributed by atoms with Gasteiger partial charge < -0.3 is 15.8 Å². The van der Waals surface area contributed by atoms with E-state index in [4.69, 9.17) is 10.5 Å². The fourth-order valence-electron chi connectivity index (χ4n) is 1.61. The number of nitrogens with two attached hydrogens (primary N) is 1. The molecule has 1 atom stereocenters. The molecule has 3 N–H and O–H groups in total. The van der Waals surface area contributed by atoms with Crippen molar-refractivity contribution in [3.63, 3.8) is 0 Å². The van der Waals surface area contributed by atoms with E-state index >= 15 is 0 Å². The van der Waals surface area contributed by atoms with Gasteiger partial charge in [0.15, 0.2) is 6.61 Å². The molecule has 100 valence electrons. The molecular weight excluding hydrogens is 296 g/mol. The summed E-state index contributed by atoms with van der Waals surface area (Å²) in [5, 5.41) is 3.39. The molecule has 0 aliphatic rings. The van der Waals surface area contributed by atoms with E-state index < -0.39 is 5.91 Å². The van der Waals surface area contributed by atoms with Gasteiger partial charge in [0, 0.05) is 16.1 Å². The van der Waals surface area contributed by atoms with E-state index in [2.05, 4.69) is 35.1 Å². The topological polar surface area (TPSA) is 64.3 Å². The summed E-state index contributed by atoms with van der Waals surface area (Å²) in [6.45, 7) is 5.01. The number of amides is 1. The molecule has 1 amide bonds. The number of benzene rings is 1. The van der Waals surface area contributed by atoms with Gasteiger partial charge >= 0.3 is 0 Å². The van der Waals surface area contributed by atoms with Crippen LogP contribution in [0.2, 0.25) is 0 Å². The second kappa shape index (κ2) is 7.38. The van der Waals surface area contributed by atoms with Crippen molar-refractivity contribution in [2.24, 2.45) is 5.73 Å². The Hall–Kier alpha value is -1.07. The number of carbonyl (C=O) groups is 1. The summed E-state index contributed by atoms with van der Waals surface area (Å²) < 4.78 is 6.40. The van der Waals surface area contributed by atoms with E-state index in [-0.39, 0.29) is 12.6 Å². The van der Waals surface area contributed by atoms with Crippen molar-refractivity contribution in [1.29, 1.82) is 0 Å². The third kappa shape index (κ3) is 4.66. The van der Waals surface area contributed by atoms with Gasteiger partial charge in [0.05, 0.1) is 0 Å². The van der Waals surface area contributed by atoms with Crippen LogP contribution in [0.15, 0.2) is 22.7 Å². The molecule has 0 saturated heterocycles. The average molecular weight is 315 g/mol. The zero-order chi connectivity index (χ0) is 13.5. The van der Waals surface area contributed by atoms with Gasteiger partial charge in [0.2, 0.25) is 0 Å². The normalized spacial score (nSPS) is 12.2. The van der Waals surface area contributed by atoms with E-state index in [1.807, 2.05) is 18.2 Å². The highest BCUT2D eigenvalue weighted by atomic mass is 79.9. The first-order valence-electron chi connectivity index (χ1n) is 5.98. The van der Waals surface area contributed by atoms with Crippen molar-refractivity contribution in [2.75, 3.05) is 13.2 Å². The first-order valence-corrected chi connectivity index (χ1v) is 6.77. The number of nitrogens with one attached hydrogen (secondary N) is 1. The van der Waals surface area contributed by atoms with Gasteiger partial charge in [0.25, 0.3) is 5.91 Å². The molecule has 0 spiro atoms. The molecule has 1 unspecified atom stereocenters. The molecule has 0 aromatic heterocycles. The number of hydrogen-bond acceptors (Lipinski definition) is 3. The van der Waals surface area contributed by atoms with Gasteiger partial charge in [-0.1, -0.05) is 22.9 Å². The highest BCUT2D eigenvalue weighted by Gasteiger charge is 2.12. The second-order valence-corrected chi connectivity index (χ2v) is 5.03. The van der Waals surface area contributed by atoms with Gasteiger partial charge in [-0.15, -0.1) is 0 Å². The molecule has 1 aromatic rings. The molecule has 0 fully saturated rings. The fourth-order valence-corrected chi connectivity index (χ4v) is 1.99. The molecule has 0 radical (unpaired) electrons. The number of rotatable bonds is 7. The highest BCUT2D eigenvalue weighted by molar-refractivity contribution is 9.10. The SMILES string of the molecule is CCCNC(C)c1cc(Br)ccc1OCC(N)=O. The van der Waals surface area contributed by atoms with Gasteiger partial charge in [-0.05, 0) is 38.1 Å². The molecule has 18 heavy (non-hydrogen) atoms. The van der Waals surface area contributed by atoms with Crippen LogP contribution in [0.4, 0.5) is 0 Å².